The predicted octanol–water partition coefficient (Wildman–Crippen LogP) is 4.41. The van der Waals surface area contributed by atoms with Crippen molar-refractivity contribution in [2.24, 2.45) is 5.92 Å². The van der Waals surface area contributed by atoms with E-state index in [0.717, 1.165) is 17.5 Å². The molecule has 0 bridgehead atoms. The highest BCUT2D eigenvalue weighted by Gasteiger charge is 2.39. The molecule has 0 aliphatic rings. The number of amides is 3. The van der Waals surface area contributed by atoms with Crippen LogP contribution in [0, 0.1) is 19.8 Å². The van der Waals surface area contributed by atoms with Gasteiger partial charge < -0.3 is 25.4 Å². The second-order valence-corrected chi connectivity index (χ2v) is 11.4. The van der Waals surface area contributed by atoms with E-state index < -0.39 is 36.3 Å². The Morgan fingerprint density at radius 2 is 1.58 bits per heavy atom. The van der Waals surface area contributed by atoms with Gasteiger partial charge in [-0.25, -0.2) is 4.79 Å². The van der Waals surface area contributed by atoms with Crippen molar-refractivity contribution in [3.63, 3.8) is 0 Å². The number of benzene rings is 1. The van der Waals surface area contributed by atoms with E-state index in [4.69, 9.17) is 4.74 Å². The molecule has 0 aromatic heterocycles. The van der Waals surface area contributed by atoms with Crippen LogP contribution in [-0.4, -0.2) is 58.2 Å². The highest BCUT2D eigenvalue weighted by molar-refractivity contribution is 5.92. The lowest BCUT2D eigenvalue weighted by molar-refractivity contribution is -0.146. The van der Waals surface area contributed by atoms with Gasteiger partial charge in [-0.3, -0.25) is 9.59 Å². The Balaban J connectivity index is 3.56. The SMILES string of the molecule is Cc1ccc(C(C(=O)NC(C)C)N(C(=O)C(CO)NC(=O)OC(C)(C)C)C(C)CCC(C)C)cc1C. The van der Waals surface area contributed by atoms with E-state index in [0.29, 0.717) is 17.9 Å². The lowest BCUT2D eigenvalue weighted by Gasteiger charge is -2.39. The van der Waals surface area contributed by atoms with Gasteiger partial charge in [-0.05, 0) is 90.8 Å². The number of alkyl carbamates (subject to hydrolysis) is 1. The number of aliphatic hydroxyl groups is 1. The molecular weight excluding hydrogens is 458 g/mol. The molecule has 0 aliphatic carbocycles. The van der Waals surface area contributed by atoms with Crippen LogP contribution in [0.2, 0.25) is 0 Å². The number of hydrogen-bond acceptors (Lipinski definition) is 5. The van der Waals surface area contributed by atoms with E-state index in [1.165, 1.54) is 4.90 Å². The van der Waals surface area contributed by atoms with Crippen LogP contribution < -0.4 is 10.6 Å². The molecule has 3 amide bonds. The number of ether oxygens (including phenoxy) is 1. The van der Waals surface area contributed by atoms with E-state index >= 15 is 0 Å². The third kappa shape index (κ3) is 9.80. The van der Waals surface area contributed by atoms with Gasteiger partial charge in [0.05, 0.1) is 6.61 Å². The maximum absolute atomic E-state index is 13.9. The molecule has 8 nitrogen and oxygen atoms in total. The van der Waals surface area contributed by atoms with Crippen LogP contribution in [0.5, 0.6) is 0 Å². The van der Waals surface area contributed by atoms with Gasteiger partial charge in [0, 0.05) is 12.1 Å². The third-order valence-electron chi connectivity index (χ3n) is 5.87. The quantitative estimate of drug-likeness (QED) is 0.413. The second kappa shape index (κ2) is 13.6. The standard InChI is InChI=1S/C28H47N3O5/c1-17(2)11-13-21(7)31(26(34)23(16-32)30-27(35)36-28(8,9)10)24(25(33)29-18(3)4)22-14-12-19(5)20(6)15-22/h12,14-15,17-18,21,23-24,32H,11,13,16H2,1-10H3,(H,29,33)(H,30,35). The van der Waals surface area contributed by atoms with E-state index in [9.17, 15) is 19.5 Å². The smallest absolute Gasteiger partial charge is 0.408 e. The number of carbonyl (C=O) groups excluding carboxylic acids is 3. The van der Waals surface area contributed by atoms with Crippen molar-refractivity contribution in [3.8, 4) is 0 Å². The number of nitrogens with one attached hydrogen (secondary N) is 2. The summed E-state index contributed by atoms with van der Waals surface area (Å²) in [5.74, 6) is -0.448. The third-order valence-corrected chi connectivity index (χ3v) is 5.87. The van der Waals surface area contributed by atoms with E-state index in [1.807, 2.05) is 52.8 Å². The fraction of sp³-hybridized carbons (Fsp3) is 0.679. The van der Waals surface area contributed by atoms with Gasteiger partial charge in [0.1, 0.15) is 17.7 Å². The van der Waals surface area contributed by atoms with Gasteiger partial charge in [0.2, 0.25) is 11.8 Å². The zero-order chi connectivity index (χ0) is 27.8. The lowest BCUT2D eigenvalue weighted by Crippen LogP contribution is -2.57. The Bertz CT molecular complexity index is 892. The fourth-order valence-electron chi connectivity index (χ4n) is 3.86. The average molecular weight is 506 g/mol. The maximum atomic E-state index is 13.9. The van der Waals surface area contributed by atoms with Crippen molar-refractivity contribution in [3.05, 3.63) is 34.9 Å². The largest absolute Gasteiger partial charge is 0.444 e. The molecular formula is C28H47N3O5. The lowest BCUT2D eigenvalue weighted by atomic mass is 9.95. The summed E-state index contributed by atoms with van der Waals surface area (Å²) in [7, 11) is 0. The van der Waals surface area contributed by atoms with Crippen LogP contribution in [-0.2, 0) is 14.3 Å². The van der Waals surface area contributed by atoms with E-state index in [-0.39, 0.29) is 18.0 Å². The molecule has 0 fully saturated rings. The minimum Gasteiger partial charge on any atom is -0.444 e. The number of nitrogens with zero attached hydrogens (tertiary/aromatic N) is 1. The summed E-state index contributed by atoms with van der Waals surface area (Å²) < 4.78 is 5.30. The molecule has 0 spiro atoms. The molecule has 8 heteroatoms. The van der Waals surface area contributed by atoms with Gasteiger partial charge in [-0.2, -0.15) is 0 Å². The van der Waals surface area contributed by atoms with Gasteiger partial charge in [-0.15, -0.1) is 0 Å². The zero-order valence-corrected chi connectivity index (χ0v) is 23.8. The van der Waals surface area contributed by atoms with Crippen LogP contribution in [0.15, 0.2) is 18.2 Å². The summed E-state index contributed by atoms with van der Waals surface area (Å²) >= 11 is 0. The summed E-state index contributed by atoms with van der Waals surface area (Å²) in [5.41, 5.74) is 1.99. The Kier molecular flexibility index (Phi) is 11.9. The molecule has 1 rings (SSSR count). The minimum atomic E-state index is -1.26. The molecule has 1 aromatic rings. The first-order chi connectivity index (χ1) is 16.6. The van der Waals surface area contributed by atoms with Crippen molar-refractivity contribution in [2.75, 3.05) is 6.61 Å². The van der Waals surface area contributed by atoms with Crippen LogP contribution in [0.3, 0.4) is 0 Å². The first kappa shape index (κ1) is 31.4. The highest BCUT2D eigenvalue weighted by atomic mass is 16.6. The number of rotatable bonds is 11. The zero-order valence-electron chi connectivity index (χ0n) is 23.8. The Hall–Kier alpha value is -2.61. The minimum absolute atomic E-state index is 0.136. The van der Waals surface area contributed by atoms with E-state index in [1.54, 1.807) is 20.8 Å². The maximum Gasteiger partial charge on any atom is 0.408 e. The van der Waals surface area contributed by atoms with Crippen molar-refractivity contribution in [1.82, 2.24) is 15.5 Å². The molecule has 0 radical (unpaired) electrons. The van der Waals surface area contributed by atoms with Gasteiger partial charge in [0.25, 0.3) is 0 Å². The van der Waals surface area contributed by atoms with Crippen LogP contribution >= 0.6 is 0 Å². The first-order valence-electron chi connectivity index (χ1n) is 12.9. The second-order valence-electron chi connectivity index (χ2n) is 11.4. The van der Waals surface area contributed by atoms with Gasteiger partial charge in [0.15, 0.2) is 0 Å². The first-order valence-corrected chi connectivity index (χ1v) is 12.9. The van der Waals surface area contributed by atoms with E-state index in [2.05, 4.69) is 24.5 Å². The van der Waals surface area contributed by atoms with Crippen molar-refractivity contribution in [1.29, 1.82) is 0 Å². The number of carbonyl (C=O) groups is 3. The summed E-state index contributed by atoms with van der Waals surface area (Å²) in [6.07, 6.45) is 0.698. The summed E-state index contributed by atoms with van der Waals surface area (Å²) in [6, 6.07) is 3.05. The normalized spacial score (nSPS) is 14.2. The van der Waals surface area contributed by atoms with Crippen molar-refractivity contribution >= 4 is 17.9 Å². The molecule has 0 saturated heterocycles. The molecule has 3 unspecified atom stereocenters. The van der Waals surface area contributed by atoms with Crippen LogP contribution in [0.25, 0.3) is 0 Å². The molecule has 0 aliphatic heterocycles. The molecule has 3 N–H and O–H groups in total. The number of aryl methyl sites for hydroxylation is 2. The molecule has 204 valence electrons. The topological polar surface area (TPSA) is 108 Å². The van der Waals surface area contributed by atoms with Crippen LogP contribution in [0.1, 0.15) is 91.0 Å². The Labute approximate surface area is 217 Å². The number of aliphatic hydroxyl groups excluding tert-OH is 1. The molecule has 0 saturated carbocycles. The predicted molar refractivity (Wildman–Crippen MR) is 143 cm³/mol. The highest BCUT2D eigenvalue weighted by Crippen LogP contribution is 2.29. The molecule has 1 aromatic carbocycles. The van der Waals surface area contributed by atoms with Gasteiger partial charge in [-0.1, -0.05) is 32.0 Å². The fourth-order valence-corrected chi connectivity index (χ4v) is 3.86. The Morgan fingerprint density at radius 1 is 0.972 bits per heavy atom. The molecule has 0 heterocycles. The number of hydrogen-bond donors (Lipinski definition) is 3. The monoisotopic (exact) mass is 505 g/mol. The summed E-state index contributed by atoms with van der Waals surface area (Å²) in [5, 5.41) is 15.5. The van der Waals surface area contributed by atoms with Crippen molar-refractivity contribution < 1.29 is 24.2 Å². The van der Waals surface area contributed by atoms with Crippen molar-refractivity contribution in [2.45, 2.75) is 112 Å². The van der Waals surface area contributed by atoms with Gasteiger partial charge >= 0.3 is 6.09 Å². The summed E-state index contributed by atoms with van der Waals surface area (Å²) in [6.45, 7) is 18.3. The average Bonchev–Trinajstić information content (AvgIpc) is 2.73. The molecule has 36 heavy (non-hydrogen) atoms. The Morgan fingerprint density at radius 3 is 2.06 bits per heavy atom. The molecule has 3 atom stereocenters. The summed E-state index contributed by atoms with van der Waals surface area (Å²) in [4.78, 5) is 41.5. The van der Waals surface area contributed by atoms with Crippen LogP contribution in [0.4, 0.5) is 4.79 Å².